The first-order chi connectivity index (χ1) is 18.6. The molecule has 8 nitrogen and oxygen atoms in total. The number of ether oxygens (including phenoxy) is 1. The summed E-state index contributed by atoms with van der Waals surface area (Å²) in [7, 11) is -2.75. The highest BCUT2D eigenvalue weighted by Gasteiger charge is 2.33. The molecular weight excluding hydrogens is 545 g/mol. The normalized spacial score (nSPS) is 11.9. The van der Waals surface area contributed by atoms with Gasteiger partial charge in [0.05, 0.1) is 22.7 Å². The SMILES string of the molecule is CCNC(=O)[C@H](CC)N(Cc1cccc(OC)c1)C(=O)CN(c1ccc(F)c(Cl)c1)S(=O)(=O)c1ccccc1. The van der Waals surface area contributed by atoms with Crippen molar-refractivity contribution in [2.75, 3.05) is 24.5 Å². The van der Waals surface area contributed by atoms with Crippen molar-refractivity contribution in [3.05, 3.63) is 89.2 Å². The van der Waals surface area contributed by atoms with E-state index in [-0.39, 0.29) is 34.5 Å². The molecule has 3 aromatic rings. The lowest BCUT2D eigenvalue weighted by atomic mass is 10.1. The molecule has 0 fully saturated rings. The van der Waals surface area contributed by atoms with Gasteiger partial charge in [-0.15, -0.1) is 0 Å². The van der Waals surface area contributed by atoms with E-state index in [0.717, 1.165) is 16.4 Å². The number of benzene rings is 3. The molecule has 3 aromatic carbocycles. The third kappa shape index (κ3) is 7.27. The Balaban J connectivity index is 2.08. The minimum atomic E-state index is -4.27. The fourth-order valence-corrected chi connectivity index (χ4v) is 5.67. The molecule has 0 aromatic heterocycles. The molecule has 39 heavy (non-hydrogen) atoms. The lowest BCUT2D eigenvalue weighted by Crippen LogP contribution is -2.52. The zero-order valence-electron chi connectivity index (χ0n) is 21.9. The van der Waals surface area contributed by atoms with Crippen LogP contribution in [0.3, 0.4) is 0 Å². The topological polar surface area (TPSA) is 96.0 Å². The van der Waals surface area contributed by atoms with Crippen molar-refractivity contribution >= 4 is 39.1 Å². The number of amides is 2. The summed E-state index contributed by atoms with van der Waals surface area (Å²) in [5.74, 6) is -1.15. The van der Waals surface area contributed by atoms with Crippen molar-refractivity contribution in [1.82, 2.24) is 10.2 Å². The van der Waals surface area contributed by atoms with E-state index >= 15 is 0 Å². The van der Waals surface area contributed by atoms with Crippen molar-refractivity contribution in [2.45, 2.75) is 37.8 Å². The molecule has 0 bridgehead atoms. The number of methoxy groups -OCH3 is 1. The molecule has 1 atom stereocenters. The average Bonchev–Trinajstić information content (AvgIpc) is 2.93. The minimum Gasteiger partial charge on any atom is -0.497 e. The fraction of sp³-hybridized carbons (Fsp3) is 0.286. The molecule has 0 spiro atoms. The number of nitrogens with one attached hydrogen (secondary N) is 1. The third-order valence-corrected chi connectivity index (χ3v) is 8.10. The predicted octanol–water partition coefficient (Wildman–Crippen LogP) is 4.63. The van der Waals surface area contributed by atoms with Gasteiger partial charge in [-0.3, -0.25) is 13.9 Å². The van der Waals surface area contributed by atoms with E-state index in [1.54, 1.807) is 56.3 Å². The lowest BCUT2D eigenvalue weighted by Gasteiger charge is -2.33. The first-order valence-electron chi connectivity index (χ1n) is 12.3. The van der Waals surface area contributed by atoms with Crippen LogP contribution in [0.1, 0.15) is 25.8 Å². The van der Waals surface area contributed by atoms with Crippen LogP contribution in [0.25, 0.3) is 0 Å². The maximum absolute atomic E-state index is 14.0. The van der Waals surface area contributed by atoms with E-state index < -0.39 is 34.3 Å². The molecule has 208 valence electrons. The smallest absolute Gasteiger partial charge is 0.264 e. The predicted molar refractivity (Wildman–Crippen MR) is 149 cm³/mol. The molecule has 0 aliphatic rings. The van der Waals surface area contributed by atoms with Crippen LogP contribution in [0.15, 0.2) is 77.7 Å². The van der Waals surface area contributed by atoms with Crippen LogP contribution < -0.4 is 14.4 Å². The Bertz CT molecular complexity index is 1410. The van der Waals surface area contributed by atoms with Gasteiger partial charge in [-0.2, -0.15) is 0 Å². The standard InChI is InChI=1S/C28H31ClFN3O5S/c1-4-26(28(35)31-5-2)32(18-20-10-9-11-22(16-20)38-3)27(34)19-33(21-14-15-25(30)24(29)17-21)39(36,37)23-12-7-6-8-13-23/h6-17,26H,4-5,18-19H2,1-3H3,(H,31,35)/t26-/m0/s1. The Morgan fingerprint density at radius 3 is 2.36 bits per heavy atom. The second-order valence-corrected chi connectivity index (χ2v) is 10.9. The minimum absolute atomic E-state index is 0.00555. The van der Waals surface area contributed by atoms with Crippen LogP contribution in [0, 0.1) is 5.82 Å². The first kappa shape index (κ1) is 29.9. The van der Waals surface area contributed by atoms with Crippen LogP contribution in [0.5, 0.6) is 5.75 Å². The molecule has 0 radical (unpaired) electrons. The largest absolute Gasteiger partial charge is 0.497 e. The number of halogens is 2. The number of nitrogens with zero attached hydrogens (tertiary/aromatic N) is 2. The molecule has 11 heteroatoms. The number of likely N-dealkylation sites (N-methyl/N-ethyl adjacent to an activating group) is 1. The number of hydrogen-bond donors (Lipinski definition) is 1. The highest BCUT2D eigenvalue weighted by atomic mass is 35.5. The number of hydrogen-bond acceptors (Lipinski definition) is 5. The Hall–Kier alpha value is -3.63. The Kier molecular flexibility index (Phi) is 10.3. The van der Waals surface area contributed by atoms with E-state index in [0.29, 0.717) is 17.9 Å². The van der Waals surface area contributed by atoms with Gasteiger partial charge in [0.2, 0.25) is 11.8 Å². The average molecular weight is 576 g/mol. The quantitative estimate of drug-likeness (QED) is 0.340. The van der Waals surface area contributed by atoms with E-state index in [9.17, 15) is 22.4 Å². The molecule has 2 amide bonds. The second-order valence-electron chi connectivity index (χ2n) is 8.61. The summed E-state index contributed by atoms with van der Waals surface area (Å²) in [4.78, 5) is 28.2. The number of anilines is 1. The van der Waals surface area contributed by atoms with Gasteiger partial charge in [0.15, 0.2) is 0 Å². The summed E-state index contributed by atoms with van der Waals surface area (Å²) >= 11 is 5.98. The van der Waals surface area contributed by atoms with Crippen LogP contribution >= 0.6 is 11.6 Å². The molecule has 0 heterocycles. The fourth-order valence-electron chi connectivity index (χ4n) is 4.07. The highest BCUT2D eigenvalue weighted by molar-refractivity contribution is 7.92. The highest BCUT2D eigenvalue weighted by Crippen LogP contribution is 2.28. The van der Waals surface area contributed by atoms with Gasteiger partial charge in [0, 0.05) is 13.1 Å². The molecule has 0 aliphatic carbocycles. The van der Waals surface area contributed by atoms with Crippen LogP contribution in [-0.4, -0.2) is 51.4 Å². The summed E-state index contributed by atoms with van der Waals surface area (Å²) in [6.45, 7) is 3.27. The third-order valence-electron chi connectivity index (χ3n) is 6.03. The van der Waals surface area contributed by atoms with E-state index in [1.165, 1.54) is 30.2 Å². The summed E-state index contributed by atoms with van der Waals surface area (Å²) in [6, 6.07) is 17.2. The van der Waals surface area contributed by atoms with Crippen molar-refractivity contribution in [1.29, 1.82) is 0 Å². The van der Waals surface area contributed by atoms with E-state index in [1.807, 2.05) is 0 Å². The Morgan fingerprint density at radius 1 is 1.03 bits per heavy atom. The van der Waals surface area contributed by atoms with Gasteiger partial charge in [-0.1, -0.05) is 48.9 Å². The van der Waals surface area contributed by atoms with Crippen LogP contribution in [-0.2, 0) is 26.2 Å². The molecule has 1 N–H and O–H groups in total. The van der Waals surface area contributed by atoms with Crippen LogP contribution in [0.4, 0.5) is 10.1 Å². The van der Waals surface area contributed by atoms with Gasteiger partial charge in [-0.25, -0.2) is 12.8 Å². The maximum Gasteiger partial charge on any atom is 0.264 e. The lowest BCUT2D eigenvalue weighted by molar-refractivity contribution is -0.140. The first-order valence-corrected chi connectivity index (χ1v) is 14.2. The van der Waals surface area contributed by atoms with E-state index in [4.69, 9.17) is 16.3 Å². The molecule has 3 rings (SSSR count). The maximum atomic E-state index is 14.0. The Labute approximate surface area is 233 Å². The van der Waals surface area contributed by atoms with Gasteiger partial charge in [-0.05, 0) is 61.4 Å². The molecule has 0 aliphatic heterocycles. The van der Waals surface area contributed by atoms with Crippen molar-refractivity contribution in [3.8, 4) is 5.75 Å². The Morgan fingerprint density at radius 2 is 1.74 bits per heavy atom. The molecule has 0 unspecified atom stereocenters. The molecule has 0 saturated carbocycles. The van der Waals surface area contributed by atoms with Gasteiger partial charge >= 0.3 is 0 Å². The number of carbonyl (C=O) groups is 2. The van der Waals surface area contributed by atoms with Crippen molar-refractivity contribution in [2.24, 2.45) is 0 Å². The zero-order valence-corrected chi connectivity index (χ0v) is 23.5. The van der Waals surface area contributed by atoms with Gasteiger partial charge in [0.1, 0.15) is 24.2 Å². The molecular formula is C28H31ClFN3O5S. The summed E-state index contributed by atoms with van der Waals surface area (Å²) < 4.78 is 47.6. The van der Waals surface area contributed by atoms with Crippen LogP contribution in [0.2, 0.25) is 5.02 Å². The summed E-state index contributed by atoms with van der Waals surface area (Å²) in [6.07, 6.45) is 0.287. The number of carbonyl (C=O) groups excluding carboxylic acids is 2. The number of rotatable bonds is 12. The van der Waals surface area contributed by atoms with Crippen molar-refractivity contribution < 1.29 is 27.1 Å². The second kappa shape index (κ2) is 13.4. The summed E-state index contributed by atoms with van der Waals surface area (Å²) in [5.41, 5.74) is 0.693. The molecule has 0 saturated heterocycles. The van der Waals surface area contributed by atoms with Crippen molar-refractivity contribution in [3.63, 3.8) is 0 Å². The number of sulfonamides is 1. The monoisotopic (exact) mass is 575 g/mol. The van der Waals surface area contributed by atoms with E-state index in [2.05, 4.69) is 5.32 Å². The van der Waals surface area contributed by atoms with Gasteiger partial charge < -0.3 is 15.0 Å². The summed E-state index contributed by atoms with van der Waals surface area (Å²) in [5, 5.41) is 2.45. The zero-order chi connectivity index (χ0) is 28.6. The van der Waals surface area contributed by atoms with Gasteiger partial charge in [0.25, 0.3) is 10.0 Å².